The molecule has 1 aromatic carbocycles. The van der Waals surface area contributed by atoms with Gasteiger partial charge in [-0.25, -0.2) is 9.18 Å². The number of nitrogens with zero attached hydrogens (tertiary/aromatic N) is 1. The van der Waals surface area contributed by atoms with Gasteiger partial charge >= 0.3 is 5.97 Å². The van der Waals surface area contributed by atoms with Gasteiger partial charge in [0.05, 0.1) is 11.1 Å². The van der Waals surface area contributed by atoms with Gasteiger partial charge in [-0.15, -0.1) is 0 Å². The SMILES string of the molecule is O=C(O)C1OCC(=O)N(C2CC2)C1c1ccc(Cl)c(F)c1. The maximum Gasteiger partial charge on any atom is 0.335 e. The summed E-state index contributed by atoms with van der Waals surface area (Å²) in [5, 5.41) is 9.27. The molecule has 1 saturated carbocycles. The minimum absolute atomic E-state index is 0.00647. The summed E-state index contributed by atoms with van der Waals surface area (Å²) in [6.07, 6.45) is 0.443. The first-order valence-corrected chi connectivity index (χ1v) is 6.97. The molecule has 2 unspecified atom stereocenters. The second-order valence-corrected chi connectivity index (χ2v) is 5.63. The van der Waals surface area contributed by atoms with Crippen molar-refractivity contribution >= 4 is 23.5 Å². The number of aliphatic carboxylic acids is 1. The fraction of sp³-hybridized carbons (Fsp3) is 0.429. The van der Waals surface area contributed by atoms with Crippen LogP contribution in [0.4, 0.5) is 4.39 Å². The number of carboxylic acids is 1. The van der Waals surface area contributed by atoms with Crippen molar-refractivity contribution in [2.75, 3.05) is 6.61 Å². The number of rotatable bonds is 3. The van der Waals surface area contributed by atoms with Crippen molar-refractivity contribution in [2.24, 2.45) is 0 Å². The van der Waals surface area contributed by atoms with Crippen LogP contribution in [0.15, 0.2) is 18.2 Å². The van der Waals surface area contributed by atoms with E-state index in [1.807, 2.05) is 0 Å². The van der Waals surface area contributed by atoms with Gasteiger partial charge < -0.3 is 14.7 Å². The van der Waals surface area contributed by atoms with E-state index in [4.69, 9.17) is 16.3 Å². The number of carboxylic acid groups (broad SMARTS) is 1. The number of carbonyl (C=O) groups is 2. The smallest absolute Gasteiger partial charge is 0.335 e. The molecule has 0 spiro atoms. The first kappa shape index (κ1) is 14.3. The number of morpholine rings is 1. The molecule has 7 heteroatoms. The van der Waals surface area contributed by atoms with Crippen LogP contribution in [-0.4, -0.2) is 40.6 Å². The lowest BCUT2D eigenvalue weighted by Gasteiger charge is -2.39. The third-order valence-corrected chi connectivity index (χ3v) is 4.04. The molecule has 5 nitrogen and oxygen atoms in total. The van der Waals surface area contributed by atoms with E-state index in [0.717, 1.165) is 12.8 Å². The number of amides is 1. The van der Waals surface area contributed by atoms with Crippen LogP contribution in [-0.2, 0) is 14.3 Å². The van der Waals surface area contributed by atoms with Gasteiger partial charge in [0.15, 0.2) is 6.10 Å². The molecule has 1 aliphatic carbocycles. The average molecular weight is 314 g/mol. The molecule has 1 saturated heterocycles. The molecule has 2 atom stereocenters. The van der Waals surface area contributed by atoms with E-state index >= 15 is 0 Å². The van der Waals surface area contributed by atoms with Crippen molar-refractivity contribution < 1.29 is 23.8 Å². The summed E-state index contributed by atoms with van der Waals surface area (Å²) in [5.41, 5.74) is 0.379. The number of benzene rings is 1. The zero-order valence-corrected chi connectivity index (χ0v) is 11.7. The quantitative estimate of drug-likeness (QED) is 0.927. The van der Waals surface area contributed by atoms with Gasteiger partial charge in [0.1, 0.15) is 12.4 Å². The predicted octanol–water partition coefficient (Wildman–Crippen LogP) is 1.99. The van der Waals surface area contributed by atoms with Gasteiger partial charge in [-0.3, -0.25) is 4.79 Å². The zero-order chi connectivity index (χ0) is 15.1. The number of ether oxygens (including phenoxy) is 1. The van der Waals surface area contributed by atoms with Crippen molar-refractivity contribution in [2.45, 2.75) is 31.0 Å². The highest BCUT2D eigenvalue weighted by Crippen LogP contribution is 2.40. The maximum atomic E-state index is 13.7. The Labute approximate surface area is 125 Å². The highest BCUT2D eigenvalue weighted by Gasteiger charge is 2.47. The Morgan fingerprint density at radius 2 is 2.14 bits per heavy atom. The van der Waals surface area contributed by atoms with Crippen molar-refractivity contribution in [3.05, 3.63) is 34.6 Å². The fourth-order valence-corrected chi connectivity index (χ4v) is 2.77. The Morgan fingerprint density at radius 3 is 2.71 bits per heavy atom. The molecule has 112 valence electrons. The highest BCUT2D eigenvalue weighted by atomic mass is 35.5. The molecule has 2 aliphatic rings. The summed E-state index contributed by atoms with van der Waals surface area (Å²) >= 11 is 5.66. The standard InChI is InChI=1S/C14H13ClFNO4/c15-9-4-1-7(5-10(9)16)12-13(14(19)20)21-6-11(18)17(12)8-2-3-8/h1,4-5,8,12-13H,2-3,6H2,(H,19,20). The molecule has 0 aromatic heterocycles. The van der Waals surface area contributed by atoms with E-state index in [1.165, 1.54) is 23.1 Å². The highest BCUT2D eigenvalue weighted by molar-refractivity contribution is 6.30. The zero-order valence-electron chi connectivity index (χ0n) is 11.0. The van der Waals surface area contributed by atoms with Crippen LogP contribution >= 0.6 is 11.6 Å². The van der Waals surface area contributed by atoms with Gasteiger partial charge in [-0.1, -0.05) is 17.7 Å². The molecular weight excluding hydrogens is 301 g/mol. The molecule has 0 bridgehead atoms. The Morgan fingerprint density at radius 1 is 1.43 bits per heavy atom. The Balaban J connectivity index is 2.03. The molecule has 1 heterocycles. The third-order valence-electron chi connectivity index (χ3n) is 3.73. The first-order valence-electron chi connectivity index (χ1n) is 6.59. The van der Waals surface area contributed by atoms with Crippen LogP contribution in [0.1, 0.15) is 24.4 Å². The van der Waals surface area contributed by atoms with Crippen LogP contribution in [0.5, 0.6) is 0 Å². The van der Waals surface area contributed by atoms with E-state index in [0.29, 0.717) is 5.56 Å². The topological polar surface area (TPSA) is 66.8 Å². The molecule has 2 fully saturated rings. The van der Waals surface area contributed by atoms with Crippen LogP contribution < -0.4 is 0 Å². The minimum atomic E-state index is -1.20. The lowest BCUT2D eigenvalue weighted by atomic mass is 9.97. The first-order chi connectivity index (χ1) is 9.99. The normalized spacial score (nSPS) is 26.0. The monoisotopic (exact) mass is 313 g/mol. The Hall–Kier alpha value is -1.66. The molecule has 21 heavy (non-hydrogen) atoms. The van der Waals surface area contributed by atoms with E-state index < -0.39 is 23.9 Å². The van der Waals surface area contributed by atoms with Crippen molar-refractivity contribution in [3.8, 4) is 0 Å². The molecule has 1 aliphatic heterocycles. The van der Waals surface area contributed by atoms with E-state index in [2.05, 4.69) is 0 Å². The van der Waals surface area contributed by atoms with E-state index in [-0.39, 0.29) is 23.6 Å². The average Bonchev–Trinajstić information content (AvgIpc) is 3.25. The van der Waals surface area contributed by atoms with Gasteiger partial charge in [-0.05, 0) is 30.5 Å². The Bertz CT molecular complexity index is 605. The van der Waals surface area contributed by atoms with Gasteiger partial charge in [-0.2, -0.15) is 0 Å². The molecule has 3 rings (SSSR count). The lowest BCUT2D eigenvalue weighted by Crippen LogP contribution is -2.52. The van der Waals surface area contributed by atoms with Crippen molar-refractivity contribution in [1.29, 1.82) is 0 Å². The molecule has 1 N–H and O–H groups in total. The fourth-order valence-electron chi connectivity index (χ4n) is 2.65. The van der Waals surface area contributed by atoms with Gasteiger partial charge in [0.25, 0.3) is 0 Å². The molecule has 0 radical (unpaired) electrons. The molecular formula is C14H13ClFNO4. The number of carbonyl (C=O) groups excluding carboxylic acids is 1. The minimum Gasteiger partial charge on any atom is -0.479 e. The second-order valence-electron chi connectivity index (χ2n) is 5.22. The van der Waals surface area contributed by atoms with Crippen LogP contribution in [0.25, 0.3) is 0 Å². The Kier molecular flexibility index (Phi) is 3.59. The number of hydrogen-bond acceptors (Lipinski definition) is 3. The molecule has 1 amide bonds. The second kappa shape index (κ2) is 5.27. The third kappa shape index (κ3) is 2.61. The van der Waals surface area contributed by atoms with E-state index in [1.54, 1.807) is 0 Å². The van der Waals surface area contributed by atoms with Crippen LogP contribution in [0.3, 0.4) is 0 Å². The van der Waals surface area contributed by atoms with Crippen LogP contribution in [0.2, 0.25) is 5.02 Å². The summed E-state index contributed by atoms with van der Waals surface area (Å²) in [5.74, 6) is -2.09. The summed E-state index contributed by atoms with van der Waals surface area (Å²) in [6, 6.07) is 3.23. The summed E-state index contributed by atoms with van der Waals surface area (Å²) in [6.45, 7) is -0.264. The largest absolute Gasteiger partial charge is 0.479 e. The summed E-state index contributed by atoms with van der Waals surface area (Å²) in [7, 11) is 0. The van der Waals surface area contributed by atoms with E-state index in [9.17, 15) is 19.1 Å². The summed E-state index contributed by atoms with van der Waals surface area (Å²) < 4.78 is 18.8. The number of hydrogen-bond donors (Lipinski definition) is 1. The summed E-state index contributed by atoms with van der Waals surface area (Å²) in [4.78, 5) is 25.0. The lowest BCUT2D eigenvalue weighted by molar-refractivity contribution is -0.174. The van der Waals surface area contributed by atoms with Gasteiger partial charge in [0, 0.05) is 6.04 Å². The predicted molar refractivity (Wildman–Crippen MR) is 71.4 cm³/mol. The van der Waals surface area contributed by atoms with Crippen LogP contribution in [0, 0.1) is 5.82 Å². The van der Waals surface area contributed by atoms with Gasteiger partial charge in [0.2, 0.25) is 5.91 Å². The van der Waals surface area contributed by atoms with Crippen molar-refractivity contribution in [1.82, 2.24) is 4.90 Å². The van der Waals surface area contributed by atoms with Crippen molar-refractivity contribution in [3.63, 3.8) is 0 Å². The number of halogens is 2. The molecule has 1 aromatic rings. The maximum absolute atomic E-state index is 13.7.